The summed E-state index contributed by atoms with van der Waals surface area (Å²) in [6.07, 6.45) is 0. The van der Waals surface area contributed by atoms with Gasteiger partial charge >= 0.3 is 0 Å². The molecule has 1 amide bonds. The highest BCUT2D eigenvalue weighted by Gasteiger charge is 2.12. The monoisotopic (exact) mass is 366 g/mol. The lowest BCUT2D eigenvalue weighted by atomic mass is 10.1. The fourth-order valence-electron chi connectivity index (χ4n) is 3.17. The van der Waals surface area contributed by atoms with E-state index < -0.39 is 0 Å². The maximum atomic E-state index is 12.4. The van der Waals surface area contributed by atoms with Gasteiger partial charge < -0.3 is 5.32 Å². The van der Waals surface area contributed by atoms with Crippen LogP contribution < -0.4 is 5.32 Å². The van der Waals surface area contributed by atoms with Crippen molar-refractivity contribution in [2.45, 2.75) is 13.1 Å². The molecule has 136 valence electrons. The van der Waals surface area contributed by atoms with Gasteiger partial charge in [0.15, 0.2) is 0 Å². The first-order valence-corrected chi connectivity index (χ1v) is 9.01. The van der Waals surface area contributed by atoms with Crippen molar-refractivity contribution in [3.05, 3.63) is 101 Å². The number of fused-ring (bicyclic) bond motifs is 1. The van der Waals surface area contributed by atoms with E-state index in [1.165, 1.54) is 5.56 Å². The third-order valence-corrected chi connectivity index (χ3v) is 4.60. The molecule has 0 atom stereocenters. The molecule has 0 saturated heterocycles. The second-order valence-corrected chi connectivity index (χ2v) is 6.48. The smallest absolute Gasteiger partial charge is 0.251 e. The quantitative estimate of drug-likeness (QED) is 0.582. The molecule has 0 aliphatic carbocycles. The third kappa shape index (κ3) is 3.62. The van der Waals surface area contributed by atoms with Gasteiger partial charge in [-0.1, -0.05) is 48.5 Å². The summed E-state index contributed by atoms with van der Waals surface area (Å²) in [5.74, 6) is -0.189. The SMILES string of the molecule is N#Cc1ccc(C(=O)NCc2nn(Cc3ccccc3)c3ccccc23)cc1. The molecule has 0 aliphatic heterocycles. The molecule has 0 bridgehead atoms. The van der Waals surface area contributed by atoms with Crippen LogP contribution in [0.1, 0.15) is 27.2 Å². The van der Waals surface area contributed by atoms with Crippen molar-refractivity contribution in [1.29, 1.82) is 5.26 Å². The van der Waals surface area contributed by atoms with Crippen LogP contribution in [0.25, 0.3) is 10.9 Å². The lowest BCUT2D eigenvalue weighted by Gasteiger charge is -2.04. The molecular formula is C23H18N4O. The Morgan fingerprint density at radius 3 is 2.43 bits per heavy atom. The highest BCUT2D eigenvalue weighted by atomic mass is 16.1. The minimum atomic E-state index is -0.189. The fraction of sp³-hybridized carbons (Fsp3) is 0.0870. The summed E-state index contributed by atoms with van der Waals surface area (Å²) in [5, 5.41) is 17.6. The van der Waals surface area contributed by atoms with Crippen molar-refractivity contribution in [3.63, 3.8) is 0 Å². The second-order valence-electron chi connectivity index (χ2n) is 6.48. The minimum Gasteiger partial charge on any atom is -0.346 e. The van der Waals surface area contributed by atoms with Crippen molar-refractivity contribution in [2.24, 2.45) is 0 Å². The highest BCUT2D eigenvalue weighted by molar-refractivity contribution is 5.94. The molecule has 4 rings (SSSR count). The van der Waals surface area contributed by atoms with Gasteiger partial charge in [-0.2, -0.15) is 10.4 Å². The Labute approximate surface area is 162 Å². The summed E-state index contributed by atoms with van der Waals surface area (Å²) < 4.78 is 1.97. The molecule has 28 heavy (non-hydrogen) atoms. The van der Waals surface area contributed by atoms with E-state index in [1.54, 1.807) is 24.3 Å². The second kappa shape index (κ2) is 7.77. The Morgan fingerprint density at radius 1 is 0.964 bits per heavy atom. The van der Waals surface area contributed by atoms with Crippen LogP contribution in [0.2, 0.25) is 0 Å². The number of para-hydroxylation sites is 1. The van der Waals surface area contributed by atoms with Gasteiger partial charge in [0.05, 0.1) is 35.9 Å². The summed E-state index contributed by atoms with van der Waals surface area (Å²) >= 11 is 0. The number of carbonyl (C=O) groups excluding carboxylic acids is 1. The van der Waals surface area contributed by atoms with Gasteiger partial charge in [0.2, 0.25) is 0 Å². The van der Waals surface area contributed by atoms with E-state index in [4.69, 9.17) is 10.4 Å². The molecule has 1 heterocycles. The van der Waals surface area contributed by atoms with Gasteiger partial charge in [-0.25, -0.2) is 0 Å². The molecular weight excluding hydrogens is 348 g/mol. The topological polar surface area (TPSA) is 70.7 Å². The number of nitriles is 1. The van der Waals surface area contributed by atoms with E-state index in [0.717, 1.165) is 16.6 Å². The summed E-state index contributed by atoms with van der Waals surface area (Å²) in [5.41, 5.74) is 4.08. The minimum absolute atomic E-state index is 0.189. The van der Waals surface area contributed by atoms with Crippen LogP contribution in [0.5, 0.6) is 0 Å². The van der Waals surface area contributed by atoms with Crippen molar-refractivity contribution >= 4 is 16.8 Å². The number of carbonyl (C=O) groups is 1. The average Bonchev–Trinajstić information content (AvgIpc) is 3.10. The van der Waals surface area contributed by atoms with Gasteiger partial charge in [0.25, 0.3) is 5.91 Å². The molecule has 0 unspecified atom stereocenters. The number of aromatic nitrogens is 2. The van der Waals surface area contributed by atoms with Gasteiger partial charge in [-0.15, -0.1) is 0 Å². The maximum absolute atomic E-state index is 12.4. The fourth-order valence-corrected chi connectivity index (χ4v) is 3.17. The number of amides is 1. The van der Waals surface area contributed by atoms with E-state index >= 15 is 0 Å². The largest absolute Gasteiger partial charge is 0.346 e. The molecule has 0 aliphatic rings. The van der Waals surface area contributed by atoms with E-state index in [-0.39, 0.29) is 5.91 Å². The molecule has 0 saturated carbocycles. The van der Waals surface area contributed by atoms with Crippen LogP contribution in [0, 0.1) is 11.3 Å². The molecule has 5 heteroatoms. The zero-order chi connectivity index (χ0) is 19.3. The summed E-state index contributed by atoms with van der Waals surface area (Å²) in [6, 6.07) is 26.8. The van der Waals surface area contributed by atoms with Crippen molar-refractivity contribution in [2.75, 3.05) is 0 Å². The Morgan fingerprint density at radius 2 is 1.68 bits per heavy atom. The molecule has 1 aromatic heterocycles. The van der Waals surface area contributed by atoms with Crippen LogP contribution >= 0.6 is 0 Å². The normalized spacial score (nSPS) is 10.5. The first-order valence-electron chi connectivity index (χ1n) is 9.01. The molecule has 4 aromatic rings. The Kier molecular flexibility index (Phi) is 4.85. The van der Waals surface area contributed by atoms with Gasteiger partial charge in [-0.3, -0.25) is 9.48 Å². The summed E-state index contributed by atoms with van der Waals surface area (Å²) in [4.78, 5) is 12.4. The Bertz CT molecular complexity index is 1150. The molecule has 0 spiro atoms. The number of rotatable bonds is 5. The first kappa shape index (κ1) is 17.5. The average molecular weight is 366 g/mol. The zero-order valence-electron chi connectivity index (χ0n) is 15.2. The maximum Gasteiger partial charge on any atom is 0.251 e. The lowest BCUT2D eigenvalue weighted by Crippen LogP contribution is -2.23. The molecule has 0 radical (unpaired) electrons. The van der Waals surface area contributed by atoms with E-state index in [0.29, 0.717) is 24.2 Å². The van der Waals surface area contributed by atoms with E-state index in [1.807, 2.05) is 53.2 Å². The summed E-state index contributed by atoms with van der Waals surface area (Å²) in [6.45, 7) is 1.01. The Balaban J connectivity index is 1.55. The number of hydrogen-bond donors (Lipinski definition) is 1. The van der Waals surface area contributed by atoms with Crippen LogP contribution in [-0.4, -0.2) is 15.7 Å². The third-order valence-electron chi connectivity index (χ3n) is 4.60. The van der Waals surface area contributed by atoms with Crippen LogP contribution in [0.3, 0.4) is 0 Å². The van der Waals surface area contributed by atoms with Gasteiger partial charge in [-0.05, 0) is 35.9 Å². The van der Waals surface area contributed by atoms with E-state index in [9.17, 15) is 4.79 Å². The molecule has 3 aromatic carbocycles. The number of nitrogens with zero attached hydrogens (tertiary/aromatic N) is 3. The van der Waals surface area contributed by atoms with Crippen LogP contribution in [0.4, 0.5) is 0 Å². The van der Waals surface area contributed by atoms with Crippen LogP contribution in [-0.2, 0) is 13.1 Å². The molecule has 0 fully saturated rings. The summed E-state index contributed by atoms with van der Waals surface area (Å²) in [7, 11) is 0. The van der Waals surface area contributed by atoms with Crippen molar-refractivity contribution in [3.8, 4) is 6.07 Å². The van der Waals surface area contributed by atoms with Gasteiger partial charge in [0.1, 0.15) is 0 Å². The number of benzene rings is 3. The lowest BCUT2D eigenvalue weighted by molar-refractivity contribution is 0.0950. The highest BCUT2D eigenvalue weighted by Crippen LogP contribution is 2.19. The standard InChI is InChI=1S/C23H18N4O/c24-14-17-10-12-19(13-11-17)23(28)25-15-21-20-8-4-5-9-22(20)27(26-21)16-18-6-2-1-3-7-18/h1-13H,15-16H2,(H,25,28). The Hall–Kier alpha value is -3.91. The first-order chi connectivity index (χ1) is 13.7. The predicted molar refractivity (Wildman–Crippen MR) is 108 cm³/mol. The molecule has 1 N–H and O–H groups in total. The molecule has 5 nitrogen and oxygen atoms in total. The zero-order valence-corrected chi connectivity index (χ0v) is 15.2. The van der Waals surface area contributed by atoms with Gasteiger partial charge in [0, 0.05) is 10.9 Å². The predicted octanol–water partition coefficient (Wildman–Crippen LogP) is 3.89. The number of nitrogens with one attached hydrogen (secondary N) is 1. The van der Waals surface area contributed by atoms with Crippen molar-refractivity contribution < 1.29 is 4.79 Å². The van der Waals surface area contributed by atoms with Crippen molar-refractivity contribution in [1.82, 2.24) is 15.1 Å². The van der Waals surface area contributed by atoms with E-state index in [2.05, 4.69) is 17.4 Å². The number of hydrogen-bond acceptors (Lipinski definition) is 3. The van der Waals surface area contributed by atoms with Crippen LogP contribution in [0.15, 0.2) is 78.9 Å².